The number of rotatable bonds is 2. The van der Waals surface area contributed by atoms with Crippen molar-refractivity contribution in [3.8, 4) is 0 Å². The Morgan fingerprint density at radius 2 is 2.29 bits per heavy atom. The van der Waals surface area contributed by atoms with Crippen LogP contribution in [-0.2, 0) is 11.8 Å². The first-order valence-electron chi connectivity index (χ1n) is 3.44. The fourth-order valence-electron chi connectivity index (χ4n) is 0.919. The molecule has 0 atom stereocenters. The van der Waals surface area contributed by atoms with Gasteiger partial charge in [-0.1, -0.05) is 11.6 Å². The lowest BCUT2D eigenvalue weighted by Crippen LogP contribution is -2.08. The highest BCUT2D eigenvalue weighted by Crippen LogP contribution is 2.26. The summed E-state index contributed by atoms with van der Waals surface area (Å²) in [5.41, 5.74) is -0.138. The van der Waals surface area contributed by atoms with Gasteiger partial charge in [0.25, 0.3) is 0 Å². The molecule has 1 heterocycles. The van der Waals surface area contributed by atoms with Gasteiger partial charge in [0.2, 0.25) is 0 Å². The van der Waals surface area contributed by atoms with Crippen LogP contribution in [0, 0.1) is 10.1 Å². The third-order valence-electron chi connectivity index (χ3n) is 1.52. The van der Waals surface area contributed by atoms with Gasteiger partial charge in [-0.15, -0.1) is 0 Å². The summed E-state index contributed by atoms with van der Waals surface area (Å²) in [6, 6.07) is 0. The molecule has 1 aromatic heterocycles. The Kier molecular flexibility index (Phi) is 2.70. The van der Waals surface area contributed by atoms with Crippen molar-refractivity contribution < 1.29 is 14.5 Å². The topological polar surface area (TPSA) is 87.3 Å². The van der Waals surface area contributed by atoms with Crippen molar-refractivity contribution in [1.29, 1.82) is 0 Å². The van der Waals surface area contributed by atoms with Gasteiger partial charge in [-0.25, -0.2) is 4.79 Å². The van der Waals surface area contributed by atoms with Gasteiger partial charge < -0.3 is 14.9 Å². The Bertz CT molecular complexity index is 400. The summed E-state index contributed by atoms with van der Waals surface area (Å²) in [6.45, 7) is 0. The number of carbonyl (C=O) groups is 1. The number of aryl methyl sites for hydroxylation is 1. The molecule has 0 amide bonds. The van der Waals surface area contributed by atoms with Crippen molar-refractivity contribution in [1.82, 2.24) is 9.78 Å². The first-order valence-corrected chi connectivity index (χ1v) is 3.82. The van der Waals surface area contributed by atoms with Gasteiger partial charge in [0.05, 0.1) is 19.3 Å². The minimum Gasteiger partial charge on any atom is -0.464 e. The minimum absolute atomic E-state index is 0.138. The SMILES string of the molecule is COC(=O)c1c(Cl)c([N+](=O)[O-])nn1C. The third kappa shape index (κ3) is 1.53. The van der Waals surface area contributed by atoms with Gasteiger partial charge in [-0.2, -0.15) is 4.68 Å². The lowest BCUT2D eigenvalue weighted by molar-refractivity contribution is -0.389. The van der Waals surface area contributed by atoms with E-state index in [-0.39, 0.29) is 10.7 Å². The van der Waals surface area contributed by atoms with E-state index in [2.05, 4.69) is 9.84 Å². The molecular formula is C6H6ClN3O4. The Morgan fingerprint density at radius 1 is 1.71 bits per heavy atom. The molecule has 0 aliphatic carbocycles. The molecule has 0 aliphatic rings. The normalized spacial score (nSPS) is 9.93. The highest BCUT2D eigenvalue weighted by atomic mass is 35.5. The summed E-state index contributed by atoms with van der Waals surface area (Å²) >= 11 is 5.57. The fourth-order valence-corrected chi connectivity index (χ4v) is 1.23. The first-order chi connectivity index (χ1) is 6.49. The van der Waals surface area contributed by atoms with Crippen molar-refractivity contribution in [2.45, 2.75) is 0 Å². The molecule has 7 nitrogen and oxygen atoms in total. The van der Waals surface area contributed by atoms with E-state index in [1.165, 1.54) is 7.05 Å². The number of carbonyl (C=O) groups excluding carboxylic acids is 1. The fraction of sp³-hybridized carbons (Fsp3) is 0.333. The van der Waals surface area contributed by atoms with Crippen LogP contribution in [-0.4, -0.2) is 27.8 Å². The Labute approximate surface area is 83.4 Å². The van der Waals surface area contributed by atoms with E-state index in [4.69, 9.17) is 11.6 Å². The van der Waals surface area contributed by atoms with Crippen LogP contribution < -0.4 is 0 Å². The molecule has 14 heavy (non-hydrogen) atoms. The number of hydrogen-bond donors (Lipinski definition) is 0. The first kappa shape index (κ1) is 10.5. The Balaban J connectivity index is 3.31. The zero-order chi connectivity index (χ0) is 10.9. The van der Waals surface area contributed by atoms with Crippen molar-refractivity contribution >= 4 is 23.4 Å². The van der Waals surface area contributed by atoms with Crippen LogP contribution in [0.4, 0.5) is 5.82 Å². The maximum absolute atomic E-state index is 11.1. The van der Waals surface area contributed by atoms with Gasteiger partial charge in [0, 0.05) is 0 Å². The zero-order valence-corrected chi connectivity index (χ0v) is 8.11. The minimum atomic E-state index is -0.769. The summed E-state index contributed by atoms with van der Waals surface area (Å²) in [7, 11) is 2.52. The number of nitrogens with zero attached hydrogens (tertiary/aromatic N) is 3. The molecule has 0 spiro atoms. The van der Waals surface area contributed by atoms with Crippen molar-refractivity contribution in [2.75, 3.05) is 7.11 Å². The molecule has 1 aromatic rings. The average molecular weight is 220 g/mol. The predicted molar refractivity (Wildman–Crippen MR) is 46.2 cm³/mol. The summed E-state index contributed by atoms with van der Waals surface area (Å²) in [4.78, 5) is 20.7. The molecule has 0 fully saturated rings. The molecule has 76 valence electrons. The van der Waals surface area contributed by atoms with Crippen LogP contribution in [0.1, 0.15) is 10.5 Å². The van der Waals surface area contributed by atoms with Crippen molar-refractivity contribution in [3.05, 3.63) is 20.8 Å². The van der Waals surface area contributed by atoms with Crippen LogP contribution in [0.2, 0.25) is 5.02 Å². The van der Waals surface area contributed by atoms with E-state index in [1.807, 2.05) is 0 Å². The predicted octanol–water partition coefficient (Wildman–Crippen LogP) is 0.768. The van der Waals surface area contributed by atoms with Crippen molar-refractivity contribution in [2.24, 2.45) is 7.05 Å². The monoisotopic (exact) mass is 219 g/mol. The highest BCUT2D eigenvalue weighted by Gasteiger charge is 2.29. The van der Waals surface area contributed by atoms with Gasteiger partial charge in [0.15, 0.2) is 10.7 Å². The molecule has 0 N–H and O–H groups in total. The summed E-state index contributed by atoms with van der Waals surface area (Å²) in [6.07, 6.45) is 0. The van der Waals surface area contributed by atoms with Gasteiger partial charge in [-0.05, 0) is 4.92 Å². The van der Waals surface area contributed by atoms with Crippen molar-refractivity contribution in [3.63, 3.8) is 0 Å². The standard InChI is InChI=1S/C6H6ClN3O4/c1-9-4(6(11)14-2)3(7)5(8-9)10(12)13/h1-2H3. The molecule has 0 radical (unpaired) electrons. The molecule has 0 aromatic carbocycles. The molecule has 0 unspecified atom stereocenters. The van der Waals surface area contributed by atoms with Crippen LogP contribution in [0.25, 0.3) is 0 Å². The quantitative estimate of drug-likeness (QED) is 0.416. The molecule has 1 rings (SSSR count). The lowest BCUT2D eigenvalue weighted by atomic mass is 10.4. The van der Waals surface area contributed by atoms with Gasteiger partial charge in [0.1, 0.15) is 0 Å². The maximum Gasteiger partial charge on any atom is 0.409 e. The molecular weight excluding hydrogens is 214 g/mol. The second kappa shape index (κ2) is 3.62. The van der Waals surface area contributed by atoms with E-state index in [9.17, 15) is 14.9 Å². The largest absolute Gasteiger partial charge is 0.464 e. The van der Waals surface area contributed by atoms with E-state index in [1.54, 1.807) is 0 Å². The number of aromatic nitrogens is 2. The van der Waals surface area contributed by atoms with Crippen LogP contribution in [0.15, 0.2) is 0 Å². The number of methoxy groups -OCH3 is 1. The number of halogens is 1. The summed E-state index contributed by atoms with van der Waals surface area (Å²) in [5, 5.41) is 13.5. The van der Waals surface area contributed by atoms with Crippen LogP contribution in [0.5, 0.6) is 0 Å². The Morgan fingerprint density at radius 3 is 2.64 bits per heavy atom. The number of ether oxygens (including phenoxy) is 1. The van der Waals surface area contributed by atoms with Gasteiger partial charge in [-0.3, -0.25) is 0 Å². The second-order valence-corrected chi connectivity index (χ2v) is 2.74. The average Bonchev–Trinajstić information content (AvgIpc) is 2.41. The second-order valence-electron chi connectivity index (χ2n) is 2.36. The Hall–Kier alpha value is -1.63. The van der Waals surface area contributed by atoms with Crippen LogP contribution >= 0.6 is 11.6 Å². The van der Waals surface area contributed by atoms with E-state index >= 15 is 0 Å². The summed E-state index contributed by atoms with van der Waals surface area (Å²) in [5.74, 6) is -1.33. The zero-order valence-electron chi connectivity index (χ0n) is 7.35. The van der Waals surface area contributed by atoms with Crippen LogP contribution in [0.3, 0.4) is 0 Å². The molecule has 0 aliphatic heterocycles. The highest BCUT2D eigenvalue weighted by molar-refractivity contribution is 6.35. The van der Waals surface area contributed by atoms with E-state index < -0.39 is 16.7 Å². The third-order valence-corrected chi connectivity index (χ3v) is 1.87. The van der Waals surface area contributed by atoms with E-state index in [0.717, 1.165) is 11.8 Å². The summed E-state index contributed by atoms with van der Waals surface area (Å²) < 4.78 is 5.39. The number of nitro groups is 1. The van der Waals surface area contributed by atoms with E-state index in [0.29, 0.717) is 0 Å². The number of esters is 1. The smallest absolute Gasteiger partial charge is 0.409 e. The number of hydrogen-bond acceptors (Lipinski definition) is 5. The lowest BCUT2D eigenvalue weighted by Gasteiger charge is -1.95. The molecule has 0 saturated heterocycles. The molecule has 8 heteroatoms. The van der Waals surface area contributed by atoms with Gasteiger partial charge >= 0.3 is 11.8 Å². The maximum atomic E-state index is 11.1. The molecule has 0 saturated carbocycles. The molecule has 0 bridgehead atoms.